The summed E-state index contributed by atoms with van der Waals surface area (Å²) in [5.74, 6) is -0.824. The summed E-state index contributed by atoms with van der Waals surface area (Å²) >= 11 is 0. The van der Waals surface area contributed by atoms with Crippen molar-refractivity contribution in [3.8, 4) is 0 Å². The number of hydrogen-bond acceptors (Lipinski definition) is 2. The Labute approximate surface area is 152 Å². The van der Waals surface area contributed by atoms with Gasteiger partial charge < -0.3 is 4.74 Å². The van der Waals surface area contributed by atoms with E-state index in [1.54, 1.807) is 6.92 Å². The SMILES string of the molecule is [2H][13C]([2H])([13C](=O)OCC)[P+](c1ccccc1)(c1ccccc1)c1ccccc1. The highest BCUT2D eigenvalue weighted by Gasteiger charge is 2.47. The van der Waals surface area contributed by atoms with Crippen LogP contribution in [0.1, 0.15) is 9.67 Å². The van der Waals surface area contributed by atoms with E-state index in [9.17, 15) is 4.79 Å². The topological polar surface area (TPSA) is 26.3 Å². The second kappa shape index (κ2) is 8.09. The van der Waals surface area contributed by atoms with Crippen molar-refractivity contribution in [3.63, 3.8) is 0 Å². The number of hydrogen-bond donors (Lipinski definition) is 0. The fourth-order valence-electron chi connectivity index (χ4n) is 2.90. The van der Waals surface area contributed by atoms with Crippen LogP contribution in [0.3, 0.4) is 0 Å². The fraction of sp³-hybridized carbons (Fsp3) is 0.136. The number of benzene rings is 3. The Hall–Kier alpha value is -2.44. The number of carbonyl (C=O) groups is 1. The van der Waals surface area contributed by atoms with E-state index < -0.39 is 19.3 Å². The van der Waals surface area contributed by atoms with Crippen LogP contribution in [0.4, 0.5) is 0 Å². The maximum absolute atomic E-state index is 12.9. The molecule has 0 radical (unpaired) electrons. The standard InChI is InChI=1S/C22H22O2P/c1-2-24-22(23)18-25(19-12-6-3-7-13-19,20-14-8-4-9-15-20)21-16-10-5-11-17-21/h3-17H,2,18H2,1H3/q+1/i18+1D2,22+1. The number of rotatable bonds is 6. The van der Waals surface area contributed by atoms with Gasteiger partial charge in [-0.15, -0.1) is 0 Å². The summed E-state index contributed by atoms with van der Waals surface area (Å²) in [5.41, 5.74) is 0. The summed E-state index contributed by atoms with van der Waals surface area (Å²) in [6, 6.07) is 28.5. The Morgan fingerprint density at radius 2 is 1.16 bits per heavy atom. The third-order valence-corrected chi connectivity index (χ3v) is 7.70. The van der Waals surface area contributed by atoms with Crippen LogP contribution in [-0.4, -0.2) is 18.7 Å². The van der Waals surface area contributed by atoms with Gasteiger partial charge in [-0.2, -0.15) is 0 Å². The van der Waals surface area contributed by atoms with Gasteiger partial charge in [0.1, 0.15) is 23.2 Å². The van der Waals surface area contributed by atoms with Crippen LogP contribution >= 0.6 is 7.26 Å². The van der Waals surface area contributed by atoms with Crippen molar-refractivity contribution in [2.24, 2.45) is 0 Å². The quantitative estimate of drug-likeness (QED) is 0.385. The first-order chi connectivity index (χ1) is 13.0. The van der Waals surface area contributed by atoms with Crippen molar-refractivity contribution in [1.82, 2.24) is 0 Å². The van der Waals surface area contributed by atoms with E-state index >= 15 is 0 Å². The molecule has 0 spiro atoms. The molecule has 3 rings (SSSR count). The molecule has 0 N–H and O–H groups in total. The molecule has 0 heterocycles. The zero-order valence-corrected chi connectivity index (χ0v) is 15.0. The highest BCUT2D eigenvalue weighted by Crippen LogP contribution is 2.55. The van der Waals surface area contributed by atoms with Crippen molar-refractivity contribution >= 4 is 29.1 Å². The molecule has 0 unspecified atom stereocenters. The van der Waals surface area contributed by atoms with Crippen molar-refractivity contribution in [1.29, 1.82) is 0 Å². The molecule has 0 fully saturated rings. The largest absolute Gasteiger partial charge is 0.463 e. The molecule has 3 aromatic rings. The average Bonchev–Trinajstić information content (AvgIpc) is 2.71. The minimum Gasteiger partial charge on any atom is -0.463 e. The summed E-state index contributed by atoms with van der Waals surface area (Å²) in [5, 5.41) is 2.42. The Bertz CT molecular complexity index is 787. The van der Waals surface area contributed by atoms with Crippen LogP contribution in [0, 0.1) is 0 Å². The van der Waals surface area contributed by atoms with Crippen LogP contribution in [0.2, 0.25) is 0 Å². The summed E-state index contributed by atoms with van der Waals surface area (Å²) in [6.07, 6.45) is -2.22. The third-order valence-electron chi connectivity index (χ3n) is 3.96. The second-order valence-corrected chi connectivity index (χ2v) is 8.62. The van der Waals surface area contributed by atoms with Crippen molar-refractivity contribution < 1.29 is 12.3 Å². The van der Waals surface area contributed by atoms with Gasteiger partial charge in [0.15, 0.2) is 6.11 Å². The Morgan fingerprint density at radius 1 is 0.800 bits per heavy atom. The first-order valence-electron chi connectivity index (χ1n) is 9.28. The van der Waals surface area contributed by atoms with Crippen LogP contribution in [-0.2, 0) is 9.53 Å². The van der Waals surface area contributed by atoms with Crippen LogP contribution in [0.5, 0.6) is 0 Å². The molecule has 2 nitrogen and oxygen atoms in total. The highest BCUT2D eigenvalue weighted by molar-refractivity contribution is 7.96. The summed E-state index contributed by atoms with van der Waals surface area (Å²) in [7, 11) is -2.98. The molecular weight excluding hydrogens is 329 g/mol. The van der Waals surface area contributed by atoms with Gasteiger partial charge in [-0.25, -0.2) is 4.79 Å². The number of ether oxygens (including phenoxy) is 1. The Morgan fingerprint density at radius 3 is 1.48 bits per heavy atom. The van der Waals surface area contributed by atoms with E-state index in [4.69, 9.17) is 7.48 Å². The molecule has 3 heteroatoms. The van der Waals surface area contributed by atoms with Gasteiger partial charge in [-0.1, -0.05) is 54.6 Å². The van der Waals surface area contributed by atoms with Crippen LogP contribution in [0.15, 0.2) is 91.0 Å². The molecule has 0 saturated heterocycles. The maximum atomic E-state index is 12.9. The molecular formula is C22H22O2P+. The molecule has 0 aromatic heterocycles. The smallest absolute Gasteiger partial charge is 0.345 e. The average molecular weight is 353 g/mol. The van der Waals surface area contributed by atoms with Gasteiger partial charge in [-0.3, -0.25) is 0 Å². The van der Waals surface area contributed by atoms with Gasteiger partial charge >= 0.3 is 5.97 Å². The van der Waals surface area contributed by atoms with Crippen molar-refractivity contribution in [2.45, 2.75) is 6.92 Å². The maximum Gasteiger partial charge on any atom is 0.345 e. The van der Waals surface area contributed by atoms with E-state index in [1.165, 1.54) is 0 Å². The molecule has 0 aliphatic carbocycles. The molecule has 0 saturated carbocycles. The predicted molar refractivity (Wildman–Crippen MR) is 107 cm³/mol. The lowest BCUT2D eigenvalue weighted by molar-refractivity contribution is -0.139. The lowest BCUT2D eigenvalue weighted by atomic mass is 10.4. The third kappa shape index (κ3) is 3.65. The fourth-order valence-corrected chi connectivity index (χ4v) is 6.37. The summed E-state index contributed by atoms with van der Waals surface area (Å²) in [6.45, 7) is 1.83. The van der Waals surface area contributed by atoms with Crippen LogP contribution in [0.25, 0.3) is 0 Å². The summed E-state index contributed by atoms with van der Waals surface area (Å²) < 4.78 is 23.2. The zero-order valence-electron chi connectivity index (χ0n) is 16.1. The molecule has 0 atom stereocenters. The van der Waals surface area contributed by atoms with E-state index in [0.29, 0.717) is 0 Å². The lowest BCUT2D eigenvalue weighted by Gasteiger charge is -2.26. The lowest BCUT2D eigenvalue weighted by Crippen LogP contribution is -2.36. The molecule has 0 aliphatic rings. The Kier molecular flexibility index (Phi) is 4.81. The number of esters is 1. The normalized spacial score (nSPS) is 12.8. The van der Waals surface area contributed by atoms with Gasteiger partial charge in [0.2, 0.25) is 0 Å². The Balaban J connectivity index is 2.42. The van der Waals surface area contributed by atoms with E-state index in [1.807, 2.05) is 91.0 Å². The highest BCUT2D eigenvalue weighted by atomic mass is 31.2. The minimum atomic E-state index is -2.98. The van der Waals surface area contributed by atoms with Crippen molar-refractivity contribution in [3.05, 3.63) is 91.0 Å². The van der Waals surface area contributed by atoms with Crippen molar-refractivity contribution in [2.75, 3.05) is 12.7 Å². The van der Waals surface area contributed by atoms with E-state index in [2.05, 4.69) is 0 Å². The van der Waals surface area contributed by atoms with Crippen LogP contribution < -0.4 is 15.9 Å². The predicted octanol–water partition coefficient (Wildman–Crippen LogP) is 3.54. The molecule has 0 aliphatic heterocycles. The second-order valence-electron chi connectivity index (χ2n) is 5.51. The molecule has 25 heavy (non-hydrogen) atoms. The monoisotopic (exact) mass is 353 g/mol. The van der Waals surface area contributed by atoms with Gasteiger partial charge in [0.25, 0.3) is 0 Å². The number of carbonyl (C=O) groups excluding carboxylic acids is 1. The van der Waals surface area contributed by atoms with Gasteiger partial charge in [0.05, 0.1) is 9.35 Å². The first-order valence-corrected chi connectivity index (χ1v) is 10.1. The zero-order chi connectivity index (χ0) is 19.3. The summed E-state index contributed by atoms with van der Waals surface area (Å²) in [4.78, 5) is 12.9. The molecule has 0 amide bonds. The molecule has 3 aromatic carbocycles. The van der Waals surface area contributed by atoms with E-state index in [0.717, 1.165) is 15.9 Å². The first kappa shape index (κ1) is 14.9. The molecule has 126 valence electrons. The minimum absolute atomic E-state index is 0.136. The van der Waals surface area contributed by atoms with E-state index in [-0.39, 0.29) is 6.61 Å². The van der Waals surface area contributed by atoms with Gasteiger partial charge in [0, 0.05) is 0 Å². The molecule has 0 bridgehead atoms. The van der Waals surface area contributed by atoms with Gasteiger partial charge in [-0.05, 0) is 43.3 Å².